The molecule has 6 heteroatoms. The van der Waals surface area contributed by atoms with Crippen molar-refractivity contribution in [3.63, 3.8) is 0 Å². The predicted molar refractivity (Wildman–Crippen MR) is 112 cm³/mol. The molecule has 0 aliphatic rings. The Morgan fingerprint density at radius 1 is 0.524 bits per heavy atom. The van der Waals surface area contributed by atoms with E-state index < -0.39 is 0 Å². The fourth-order valence-electron chi connectivity index (χ4n) is 1.73. The summed E-state index contributed by atoms with van der Waals surface area (Å²) in [6.45, 7) is 0. The van der Waals surface area contributed by atoms with E-state index in [-0.39, 0.29) is 4.29 Å². The first-order valence-corrected chi connectivity index (χ1v) is 10.6. The Hall–Kier alpha value is 1.32. The summed E-state index contributed by atoms with van der Waals surface area (Å²) in [7, 11) is 0. The van der Waals surface area contributed by atoms with Crippen LogP contribution in [0.1, 0.15) is 22.3 Å². The zero-order valence-corrected chi connectivity index (χ0v) is 20.0. The molecule has 0 spiro atoms. The summed E-state index contributed by atoms with van der Waals surface area (Å²) >= 11 is 21.1. The standard InChI is InChI=1S/C15H9Br6/c16-14(17,18)12-5-1-10(2-6-12)9-11-3-7-13(8-4-11)15(19,20)21/h1-9H. The van der Waals surface area contributed by atoms with Crippen LogP contribution in [0, 0.1) is 6.42 Å². The minimum absolute atomic E-state index is 0.363. The summed E-state index contributed by atoms with van der Waals surface area (Å²) in [6.07, 6.45) is 2.14. The summed E-state index contributed by atoms with van der Waals surface area (Å²) in [5.74, 6) is 0. The van der Waals surface area contributed by atoms with E-state index in [0.29, 0.717) is 0 Å². The zero-order valence-electron chi connectivity index (χ0n) is 10.5. The molecule has 2 aromatic carbocycles. The Labute approximate surface area is 175 Å². The van der Waals surface area contributed by atoms with Gasteiger partial charge >= 0.3 is 0 Å². The maximum Gasteiger partial charge on any atom is 0.159 e. The second-order valence-electron chi connectivity index (χ2n) is 4.38. The molecule has 0 saturated heterocycles. The van der Waals surface area contributed by atoms with Crippen LogP contribution >= 0.6 is 95.6 Å². The Morgan fingerprint density at radius 2 is 0.810 bits per heavy atom. The maximum atomic E-state index is 3.51. The third kappa shape index (κ3) is 5.71. The molecule has 0 aromatic heterocycles. The van der Waals surface area contributed by atoms with Gasteiger partial charge in [0.25, 0.3) is 0 Å². The lowest BCUT2D eigenvalue weighted by Gasteiger charge is -2.14. The average molecular weight is 669 g/mol. The second kappa shape index (κ2) is 7.47. The van der Waals surface area contributed by atoms with Crippen LogP contribution in [0.3, 0.4) is 0 Å². The normalized spacial score (nSPS) is 12.5. The van der Waals surface area contributed by atoms with Crippen LogP contribution in [-0.4, -0.2) is 0 Å². The van der Waals surface area contributed by atoms with E-state index in [9.17, 15) is 0 Å². The van der Waals surface area contributed by atoms with Crippen molar-refractivity contribution in [2.45, 2.75) is 4.29 Å². The van der Waals surface area contributed by atoms with Gasteiger partial charge in [-0.1, -0.05) is 144 Å². The molecule has 111 valence electrons. The Balaban J connectivity index is 2.12. The number of benzene rings is 2. The van der Waals surface area contributed by atoms with Gasteiger partial charge in [0.15, 0.2) is 4.29 Å². The van der Waals surface area contributed by atoms with Crippen LogP contribution in [0.2, 0.25) is 0 Å². The predicted octanol–water partition coefficient (Wildman–Crippen LogP) is 7.88. The molecule has 0 atom stereocenters. The van der Waals surface area contributed by atoms with Crippen molar-refractivity contribution in [1.82, 2.24) is 0 Å². The highest BCUT2D eigenvalue weighted by atomic mass is 80.0. The Kier molecular flexibility index (Phi) is 6.64. The number of halogens is 6. The van der Waals surface area contributed by atoms with Gasteiger partial charge in [-0.05, 0) is 22.3 Å². The summed E-state index contributed by atoms with van der Waals surface area (Å²) in [4.78, 5) is 0. The zero-order chi connectivity index (χ0) is 15.7. The Morgan fingerprint density at radius 3 is 1.05 bits per heavy atom. The number of alkyl halides is 6. The van der Waals surface area contributed by atoms with Gasteiger partial charge in [-0.15, -0.1) is 0 Å². The summed E-state index contributed by atoms with van der Waals surface area (Å²) in [5.41, 5.74) is 4.53. The van der Waals surface area contributed by atoms with Crippen LogP contribution < -0.4 is 0 Å². The monoisotopic (exact) mass is 663 g/mol. The molecule has 1 radical (unpaired) electrons. The average Bonchev–Trinajstić information content (AvgIpc) is 2.38. The smallest absolute Gasteiger partial charge is 0.0580 e. The van der Waals surface area contributed by atoms with Gasteiger partial charge in [-0.25, -0.2) is 0 Å². The number of hydrogen-bond acceptors (Lipinski definition) is 0. The largest absolute Gasteiger partial charge is 0.159 e. The molecule has 0 nitrogen and oxygen atoms in total. The van der Waals surface area contributed by atoms with Gasteiger partial charge in [0, 0.05) is 6.42 Å². The number of rotatable bonds is 2. The van der Waals surface area contributed by atoms with Crippen molar-refractivity contribution in [2.75, 3.05) is 0 Å². The second-order valence-corrected chi connectivity index (χ2v) is 17.9. The molecular weight excluding hydrogens is 660 g/mol. The van der Waals surface area contributed by atoms with E-state index in [0.717, 1.165) is 22.3 Å². The molecule has 0 bridgehead atoms. The van der Waals surface area contributed by atoms with Gasteiger partial charge < -0.3 is 0 Å². The van der Waals surface area contributed by atoms with Gasteiger partial charge in [-0.2, -0.15) is 0 Å². The van der Waals surface area contributed by atoms with Crippen molar-refractivity contribution in [1.29, 1.82) is 0 Å². The van der Waals surface area contributed by atoms with E-state index in [1.165, 1.54) is 0 Å². The molecule has 0 fully saturated rings. The van der Waals surface area contributed by atoms with E-state index in [2.05, 4.69) is 151 Å². The van der Waals surface area contributed by atoms with E-state index in [1.807, 2.05) is 0 Å². The minimum Gasteiger partial charge on any atom is -0.0580 e. The number of hydrogen-bond donors (Lipinski definition) is 0. The van der Waals surface area contributed by atoms with Crippen LogP contribution in [0.25, 0.3) is 0 Å². The van der Waals surface area contributed by atoms with Gasteiger partial charge in [0.1, 0.15) is 0 Å². The van der Waals surface area contributed by atoms with Crippen LogP contribution in [0.5, 0.6) is 0 Å². The lowest BCUT2D eigenvalue weighted by atomic mass is 10.0. The van der Waals surface area contributed by atoms with Crippen LogP contribution in [0.15, 0.2) is 48.5 Å². The fraction of sp³-hybridized carbons (Fsp3) is 0.133. The third-order valence-electron chi connectivity index (χ3n) is 2.81. The molecule has 2 rings (SSSR count). The molecule has 21 heavy (non-hydrogen) atoms. The lowest BCUT2D eigenvalue weighted by molar-refractivity contribution is 1.32. The first-order chi connectivity index (χ1) is 9.66. The molecule has 2 aromatic rings. The summed E-state index contributed by atoms with van der Waals surface area (Å²) in [6, 6.07) is 16.6. The van der Waals surface area contributed by atoms with E-state index in [1.54, 1.807) is 0 Å². The molecule has 0 N–H and O–H groups in total. The molecule has 0 aliphatic heterocycles. The van der Waals surface area contributed by atoms with Gasteiger partial charge in [0.2, 0.25) is 0 Å². The maximum absolute atomic E-state index is 3.51. The highest BCUT2D eigenvalue weighted by molar-refractivity contribution is 9.39. The molecular formula is C15H9Br6. The summed E-state index contributed by atoms with van der Waals surface area (Å²) < 4.78 is -0.726. The lowest BCUT2D eigenvalue weighted by Crippen LogP contribution is -1.98. The molecule has 0 unspecified atom stereocenters. The molecule has 0 heterocycles. The van der Waals surface area contributed by atoms with Crippen molar-refractivity contribution < 1.29 is 0 Å². The molecule has 0 amide bonds. The van der Waals surface area contributed by atoms with E-state index in [4.69, 9.17) is 0 Å². The first-order valence-electron chi connectivity index (χ1n) is 5.85. The first kappa shape index (κ1) is 18.7. The molecule has 0 saturated carbocycles. The minimum atomic E-state index is -0.363. The highest BCUT2D eigenvalue weighted by Crippen LogP contribution is 2.45. The van der Waals surface area contributed by atoms with E-state index >= 15 is 0 Å². The molecule has 0 aliphatic carbocycles. The quantitative estimate of drug-likeness (QED) is 0.286. The van der Waals surface area contributed by atoms with Crippen LogP contribution in [0.4, 0.5) is 0 Å². The van der Waals surface area contributed by atoms with Gasteiger partial charge in [-0.3, -0.25) is 0 Å². The van der Waals surface area contributed by atoms with Gasteiger partial charge in [0.05, 0.1) is 0 Å². The van der Waals surface area contributed by atoms with Crippen molar-refractivity contribution in [3.05, 3.63) is 77.2 Å². The van der Waals surface area contributed by atoms with Crippen molar-refractivity contribution in [2.24, 2.45) is 0 Å². The highest BCUT2D eigenvalue weighted by Gasteiger charge is 2.21. The Bertz CT molecular complexity index is 535. The SMILES string of the molecule is BrC(Br)(Br)c1ccc([CH]c2ccc(C(Br)(Br)Br)cc2)cc1. The van der Waals surface area contributed by atoms with Crippen LogP contribution in [-0.2, 0) is 4.29 Å². The topological polar surface area (TPSA) is 0 Å². The third-order valence-corrected chi connectivity index (χ3v) is 5.56. The summed E-state index contributed by atoms with van der Waals surface area (Å²) in [5, 5.41) is 0. The fourth-order valence-corrected chi connectivity index (χ4v) is 3.32. The van der Waals surface area contributed by atoms with Crippen molar-refractivity contribution >= 4 is 95.6 Å². The van der Waals surface area contributed by atoms with Crippen molar-refractivity contribution in [3.8, 4) is 0 Å².